The summed E-state index contributed by atoms with van der Waals surface area (Å²) in [6, 6.07) is 12.6. The van der Waals surface area contributed by atoms with Crippen LogP contribution in [-0.4, -0.2) is 12.5 Å². The van der Waals surface area contributed by atoms with Crippen LogP contribution in [0.3, 0.4) is 0 Å². The van der Waals surface area contributed by atoms with E-state index in [1.807, 2.05) is 12.1 Å². The van der Waals surface area contributed by atoms with Crippen molar-refractivity contribution in [3.8, 4) is 5.75 Å². The Morgan fingerprint density at radius 2 is 1.71 bits per heavy atom. The normalized spacial score (nSPS) is 10.4. The summed E-state index contributed by atoms with van der Waals surface area (Å²) in [5.74, 6) is -0.282. The third-order valence-electron chi connectivity index (χ3n) is 2.77. The van der Waals surface area contributed by atoms with Crippen molar-refractivity contribution in [1.29, 1.82) is 0 Å². The number of carbonyl (C=O) groups excluding carboxylic acids is 1. The summed E-state index contributed by atoms with van der Waals surface area (Å²) >= 11 is 0. The molecule has 0 radical (unpaired) electrons. The highest BCUT2D eigenvalue weighted by atomic mass is 19.3. The van der Waals surface area contributed by atoms with E-state index >= 15 is 0 Å². The minimum absolute atomic E-state index is 0.0140. The lowest BCUT2D eigenvalue weighted by molar-refractivity contribution is -0.0498. The summed E-state index contributed by atoms with van der Waals surface area (Å²) < 4.78 is 28.2. The molecule has 2 rings (SSSR count). The van der Waals surface area contributed by atoms with Gasteiger partial charge < -0.3 is 15.8 Å². The van der Waals surface area contributed by atoms with E-state index in [9.17, 15) is 13.6 Å². The maximum atomic E-state index is 12.0. The number of hydrogen-bond donors (Lipinski definition) is 2. The molecule has 0 atom stereocenters. The molecule has 6 heteroatoms. The maximum Gasteiger partial charge on any atom is 0.387 e. The molecule has 2 aromatic carbocycles. The Labute approximate surface area is 120 Å². The van der Waals surface area contributed by atoms with Crippen LogP contribution in [0, 0.1) is 0 Å². The van der Waals surface area contributed by atoms with E-state index in [0.29, 0.717) is 17.8 Å². The van der Waals surface area contributed by atoms with Gasteiger partial charge in [-0.05, 0) is 42.0 Å². The number of halogens is 2. The van der Waals surface area contributed by atoms with Crippen molar-refractivity contribution >= 4 is 11.6 Å². The van der Waals surface area contributed by atoms with Gasteiger partial charge in [-0.15, -0.1) is 0 Å². The molecule has 21 heavy (non-hydrogen) atoms. The second-order valence-electron chi connectivity index (χ2n) is 4.33. The molecule has 0 spiro atoms. The SMILES string of the molecule is Nc1ccc(CNC(=O)c2ccc(OC(F)F)cc2)cc1. The molecule has 0 aliphatic heterocycles. The van der Waals surface area contributed by atoms with Crippen LogP contribution in [0.1, 0.15) is 15.9 Å². The average Bonchev–Trinajstić information content (AvgIpc) is 2.46. The van der Waals surface area contributed by atoms with Crippen LogP contribution in [0.15, 0.2) is 48.5 Å². The van der Waals surface area contributed by atoms with Crippen LogP contribution < -0.4 is 15.8 Å². The van der Waals surface area contributed by atoms with Crippen molar-refractivity contribution in [2.75, 3.05) is 5.73 Å². The van der Waals surface area contributed by atoms with Gasteiger partial charge in [0, 0.05) is 17.8 Å². The molecule has 110 valence electrons. The van der Waals surface area contributed by atoms with Crippen LogP contribution in [-0.2, 0) is 6.54 Å². The Balaban J connectivity index is 1.92. The molecular formula is C15H14F2N2O2. The van der Waals surface area contributed by atoms with Gasteiger partial charge in [-0.25, -0.2) is 0 Å². The number of hydrogen-bond acceptors (Lipinski definition) is 3. The largest absolute Gasteiger partial charge is 0.435 e. The highest BCUT2D eigenvalue weighted by Crippen LogP contribution is 2.15. The fraction of sp³-hybridized carbons (Fsp3) is 0.133. The molecule has 0 bridgehead atoms. The molecule has 0 aliphatic rings. The van der Waals surface area contributed by atoms with Crippen molar-refractivity contribution in [2.24, 2.45) is 0 Å². The number of anilines is 1. The van der Waals surface area contributed by atoms with Gasteiger partial charge in [-0.3, -0.25) is 4.79 Å². The van der Waals surface area contributed by atoms with Gasteiger partial charge in [0.1, 0.15) is 5.75 Å². The quantitative estimate of drug-likeness (QED) is 0.833. The van der Waals surface area contributed by atoms with E-state index in [0.717, 1.165) is 5.56 Å². The third-order valence-corrected chi connectivity index (χ3v) is 2.77. The zero-order valence-corrected chi connectivity index (χ0v) is 11.1. The molecule has 2 aromatic rings. The van der Waals surface area contributed by atoms with Gasteiger partial charge in [0.2, 0.25) is 0 Å². The fourth-order valence-electron chi connectivity index (χ4n) is 1.71. The lowest BCUT2D eigenvalue weighted by Crippen LogP contribution is -2.22. The van der Waals surface area contributed by atoms with Crippen molar-refractivity contribution in [1.82, 2.24) is 5.32 Å². The molecule has 0 aromatic heterocycles. The first kappa shape index (κ1) is 14.8. The summed E-state index contributed by atoms with van der Waals surface area (Å²) in [5.41, 5.74) is 7.50. The number of ether oxygens (including phenoxy) is 1. The lowest BCUT2D eigenvalue weighted by atomic mass is 10.2. The van der Waals surface area contributed by atoms with E-state index in [2.05, 4.69) is 10.1 Å². The van der Waals surface area contributed by atoms with Gasteiger partial charge in [-0.1, -0.05) is 12.1 Å². The second-order valence-corrected chi connectivity index (χ2v) is 4.33. The fourth-order valence-corrected chi connectivity index (χ4v) is 1.71. The van der Waals surface area contributed by atoms with Crippen LogP contribution in [0.5, 0.6) is 5.75 Å². The van der Waals surface area contributed by atoms with Crippen LogP contribution in [0.4, 0.5) is 14.5 Å². The van der Waals surface area contributed by atoms with E-state index < -0.39 is 6.61 Å². The summed E-state index contributed by atoms with van der Waals surface area (Å²) in [6.45, 7) is -2.52. The van der Waals surface area contributed by atoms with Gasteiger partial charge >= 0.3 is 6.61 Å². The summed E-state index contributed by atoms with van der Waals surface area (Å²) in [5, 5.41) is 2.73. The van der Waals surface area contributed by atoms with Crippen LogP contribution >= 0.6 is 0 Å². The molecular weight excluding hydrogens is 278 g/mol. The van der Waals surface area contributed by atoms with E-state index in [4.69, 9.17) is 5.73 Å². The molecule has 4 nitrogen and oxygen atoms in total. The van der Waals surface area contributed by atoms with Gasteiger partial charge in [0.15, 0.2) is 0 Å². The first-order valence-corrected chi connectivity index (χ1v) is 6.22. The Bertz CT molecular complexity index is 598. The molecule has 0 aliphatic carbocycles. The maximum absolute atomic E-state index is 12.0. The zero-order valence-electron chi connectivity index (χ0n) is 11.1. The van der Waals surface area contributed by atoms with Gasteiger partial charge in [0.25, 0.3) is 5.91 Å². The average molecular weight is 292 g/mol. The van der Waals surface area contributed by atoms with Crippen molar-refractivity contribution < 1.29 is 18.3 Å². The lowest BCUT2D eigenvalue weighted by Gasteiger charge is -2.07. The number of amides is 1. The molecule has 0 saturated heterocycles. The Morgan fingerprint density at radius 1 is 1.10 bits per heavy atom. The summed E-state index contributed by atoms with van der Waals surface area (Å²) in [4.78, 5) is 11.9. The highest BCUT2D eigenvalue weighted by Gasteiger charge is 2.07. The molecule has 1 amide bonds. The second kappa shape index (κ2) is 6.69. The van der Waals surface area contributed by atoms with Crippen molar-refractivity contribution in [3.63, 3.8) is 0 Å². The molecule has 0 saturated carbocycles. The molecule has 0 fully saturated rings. The van der Waals surface area contributed by atoms with E-state index in [1.54, 1.807) is 12.1 Å². The summed E-state index contributed by atoms with van der Waals surface area (Å²) in [6.07, 6.45) is 0. The predicted octanol–water partition coefficient (Wildman–Crippen LogP) is 2.80. The minimum Gasteiger partial charge on any atom is -0.435 e. The number of nitrogens with one attached hydrogen (secondary N) is 1. The smallest absolute Gasteiger partial charge is 0.387 e. The predicted molar refractivity (Wildman–Crippen MR) is 75.1 cm³/mol. The molecule has 0 heterocycles. The van der Waals surface area contributed by atoms with Crippen molar-refractivity contribution in [3.05, 3.63) is 59.7 Å². The number of benzene rings is 2. The standard InChI is InChI=1S/C15H14F2N2O2/c16-15(17)21-13-7-3-11(4-8-13)14(20)19-9-10-1-5-12(18)6-2-10/h1-8,15H,9,18H2,(H,19,20). The number of rotatable bonds is 5. The number of nitrogens with two attached hydrogens (primary N) is 1. The number of carbonyl (C=O) groups is 1. The highest BCUT2D eigenvalue weighted by molar-refractivity contribution is 5.94. The molecule has 3 N–H and O–H groups in total. The first-order chi connectivity index (χ1) is 10.0. The van der Waals surface area contributed by atoms with Gasteiger partial charge in [0.05, 0.1) is 0 Å². The molecule has 0 unspecified atom stereocenters. The third kappa shape index (κ3) is 4.45. The van der Waals surface area contributed by atoms with E-state index in [1.165, 1.54) is 24.3 Å². The van der Waals surface area contributed by atoms with Gasteiger partial charge in [-0.2, -0.15) is 8.78 Å². The first-order valence-electron chi connectivity index (χ1n) is 6.22. The van der Waals surface area contributed by atoms with Crippen molar-refractivity contribution in [2.45, 2.75) is 13.2 Å². The monoisotopic (exact) mass is 292 g/mol. The van der Waals surface area contributed by atoms with E-state index in [-0.39, 0.29) is 11.7 Å². The Morgan fingerprint density at radius 3 is 2.29 bits per heavy atom. The number of nitrogen functional groups attached to an aromatic ring is 1. The zero-order chi connectivity index (χ0) is 15.2. The van der Waals surface area contributed by atoms with Crippen LogP contribution in [0.25, 0.3) is 0 Å². The Hall–Kier alpha value is -2.63. The minimum atomic E-state index is -2.88. The Kier molecular flexibility index (Phi) is 4.71. The number of alkyl halides is 2. The van der Waals surface area contributed by atoms with Crippen LogP contribution in [0.2, 0.25) is 0 Å². The topological polar surface area (TPSA) is 64.3 Å². The summed E-state index contributed by atoms with van der Waals surface area (Å²) in [7, 11) is 0.